The summed E-state index contributed by atoms with van der Waals surface area (Å²) in [5, 5.41) is 0. The molecule has 112 valence electrons. The first-order chi connectivity index (χ1) is 8.80. The topological polar surface area (TPSA) is 65.1 Å². The Kier molecular flexibility index (Phi) is 8.14. The van der Waals surface area contributed by atoms with Crippen molar-refractivity contribution in [3.8, 4) is 0 Å². The summed E-state index contributed by atoms with van der Waals surface area (Å²) in [6.45, 7) is 8.16. The van der Waals surface area contributed by atoms with E-state index < -0.39 is 17.7 Å². The van der Waals surface area contributed by atoms with Gasteiger partial charge in [-0.3, -0.25) is 9.69 Å². The van der Waals surface area contributed by atoms with Gasteiger partial charge < -0.3 is 14.2 Å². The van der Waals surface area contributed by atoms with E-state index in [1.807, 2.05) is 0 Å². The van der Waals surface area contributed by atoms with Gasteiger partial charge in [-0.15, -0.1) is 0 Å². The molecule has 0 fully saturated rings. The zero-order valence-corrected chi connectivity index (χ0v) is 12.5. The summed E-state index contributed by atoms with van der Waals surface area (Å²) in [6.07, 6.45) is 0.117. The maximum Gasteiger partial charge on any atom is 0.410 e. The van der Waals surface area contributed by atoms with Crippen LogP contribution in [-0.2, 0) is 19.0 Å². The van der Waals surface area contributed by atoms with Gasteiger partial charge in [-0.2, -0.15) is 0 Å². The summed E-state index contributed by atoms with van der Waals surface area (Å²) in [7, 11) is 1.59. The number of ether oxygens (including phenoxy) is 3. The van der Waals surface area contributed by atoms with E-state index in [4.69, 9.17) is 14.2 Å². The highest BCUT2D eigenvalue weighted by Gasteiger charge is 2.24. The number of nitrogens with zero attached hydrogens (tertiary/aromatic N) is 1. The molecule has 19 heavy (non-hydrogen) atoms. The van der Waals surface area contributed by atoms with Gasteiger partial charge in [-0.05, 0) is 34.1 Å². The van der Waals surface area contributed by atoms with Crippen molar-refractivity contribution in [1.82, 2.24) is 4.90 Å². The minimum absolute atomic E-state index is 0.105. The Bertz CT molecular complexity index is 285. The molecule has 0 N–H and O–H groups in total. The van der Waals surface area contributed by atoms with Crippen molar-refractivity contribution in [1.29, 1.82) is 0 Å². The van der Waals surface area contributed by atoms with Crippen LogP contribution in [-0.4, -0.2) is 56.0 Å². The SMILES string of the molecule is CCOC(=O)CN(CCCOC)C(=O)OC(C)(C)C. The highest BCUT2D eigenvalue weighted by Crippen LogP contribution is 2.10. The average molecular weight is 275 g/mol. The fourth-order valence-corrected chi connectivity index (χ4v) is 1.32. The highest BCUT2D eigenvalue weighted by atomic mass is 16.6. The van der Waals surface area contributed by atoms with Crippen molar-refractivity contribution in [2.24, 2.45) is 0 Å². The molecule has 6 nitrogen and oxygen atoms in total. The fourth-order valence-electron chi connectivity index (χ4n) is 1.32. The van der Waals surface area contributed by atoms with Gasteiger partial charge in [0.05, 0.1) is 6.61 Å². The molecule has 0 saturated heterocycles. The van der Waals surface area contributed by atoms with E-state index in [9.17, 15) is 9.59 Å². The average Bonchev–Trinajstić information content (AvgIpc) is 2.26. The van der Waals surface area contributed by atoms with Crippen molar-refractivity contribution < 1.29 is 23.8 Å². The molecule has 0 rings (SSSR count). The number of rotatable bonds is 7. The van der Waals surface area contributed by atoms with Crippen LogP contribution in [0.3, 0.4) is 0 Å². The number of esters is 1. The lowest BCUT2D eigenvalue weighted by atomic mass is 10.2. The molecular weight excluding hydrogens is 250 g/mol. The molecule has 0 unspecified atom stereocenters. The monoisotopic (exact) mass is 275 g/mol. The normalized spacial score (nSPS) is 11.0. The smallest absolute Gasteiger partial charge is 0.410 e. The molecule has 0 aliphatic rings. The summed E-state index contributed by atoms with van der Waals surface area (Å²) in [5.74, 6) is -0.439. The molecule has 6 heteroatoms. The predicted molar refractivity (Wildman–Crippen MR) is 70.9 cm³/mol. The lowest BCUT2D eigenvalue weighted by Gasteiger charge is -2.26. The molecule has 0 bridgehead atoms. The Balaban J connectivity index is 4.47. The van der Waals surface area contributed by atoms with Gasteiger partial charge in [0.1, 0.15) is 12.1 Å². The first-order valence-corrected chi connectivity index (χ1v) is 6.42. The van der Waals surface area contributed by atoms with E-state index in [0.717, 1.165) is 0 Å². The molecule has 0 aromatic carbocycles. The van der Waals surface area contributed by atoms with E-state index >= 15 is 0 Å². The lowest BCUT2D eigenvalue weighted by Crippen LogP contribution is -2.41. The third-order valence-electron chi connectivity index (χ3n) is 2.05. The van der Waals surface area contributed by atoms with Crippen molar-refractivity contribution >= 4 is 12.1 Å². The molecule has 1 amide bonds. The summed E-state index contributed by atoms with van der Waals surface area (Å²) < 4.78 is 15.0. The minimum Gasteiger partial charge on any atom is -0.465 e. The maximum atomic E-state index is 11.9. The van der Waals surface area contributed by atoms with E-state index in [2.05, 4.69) is 0 Å². The second kappa shape index (κ2) is 8.74. The van der Waals surface area contributed by atoms with Gasteiger partial charge in [-0.25, -0.2) is 4.79 Å². The summed E-state index contributed by atoms with van der Waals surface area (Å²) >= 11 is 0. The largest absolute Gasteiger partial charge is 0.465 e. The van der Waals surface area contributed by atoms with Gasteiger partial charge in [0.2, 0.25) is 0 Å². The fraction of sp³-hybridized carbons (Fsp3) is 0.846. The minimum atomic E-state index is -0.592. The molecule has 0 spiro atoms. The summed E-state index contributed by atoms with van der Waals surface area (Å²) in [4.78, 5) is 24.7. The van der Waals surface area contributed by atoms with Crippen LogP contribution in [0.4, 0.5) is 4.79 Å². The van der Waals surface area contributed by atoms with Crippen LogP contribution in [0.25, 0.3) is 0 Å². The van der Waals surface area contributed by atoms with Gasteiger partial charge in [-0.1, -0.05) is 0 Å². The van der Waals surface area contributed by atoms with E-state index in [-0.39, 0.29) is 6.54 Å². The third kappa shape index (κ3) is 9.30. The Morgan fingerprint density at radius 1 is 1.21 bits per heavy atom. The Labute approximate surface area is 115 Å². The molecule has 0 aromatic heterocycles. The number of methoxy groups -OCH3 is 1. The number of carbonyl (C=O) groups excluding carboxylic acids is 2. The summed E-state index contributed by atoms with van der Waals surface area (Å²) in [5.41, 5.74) is -0.592. The molecule has 0 heterocycles. The Hall–Kier alpha value is -1.30. The Morgan fingerprint density at radius 3 is 2.32 bits per heavy atom. The number of hydrogen-bond acceptors (Lipinski definition) is 5. The van der Waals surface area contributed by atoms with Crippen molar-refractivity contribution in [2.45, 2.75) is 39.7 Å². The molecule has 0 radical (unpaired) electrons. The standard InChI is InChI=1S/C13H25NO5/c1-6-18-11(15)10-14(8-7-9-17-5)12(16)19-13(2,3)4/h6-10H2,1-5H3. The molecule has 0 aliphatic heterocycles. The van der Waals surface area contributed by atoms with E-state index in [1.165, 1.54) is 4.90 Å². The molecule has 0 aliphatic carbocycles. The molecule has 0 aromatic rings. The first kappa shape index (κ1) is 17.7. The third-order valence-corrected chi connectivity index (χ3v) is 2.05. The van der Waals surface area contributed by atoms with Gasteiger partial charge >= 0.3 is 12.1 Å². The number of carbonyl (C=O) groups is 2. The van der Waals surface area contributed by atoms with Crippen LogP contribution in [0.5, 0.6) is 0 Å². The predicted octanol–water partition coefficient (Wildman–Crippen LogP) is 1.82. The van der Waals surface area contributed by atoms with Crippen molar-refractivity contribution in [2.75, 3.05) is 33.4 Å². The van der Waals surface area contributed by atoms with Crippen LogP contribution in [0, 0.1) is 0 Å². The zero-order valence-electron chi connectivity index (χ0n) is 12.5. The van der Waals surface area contributed by atoms with Crippen LogP contribution in [0.2, 0.25) is 0 Å². The van der Waals surface area contributed by atoms with Crippen LogP contribution in [0.1, 0.15) is 34.1 Å². The molecule has 0 saturated carbocycles. The number of hydrogen-bond donors (Lipinski definition) is 0. The van der Waals surface area contributed by atoms with Crippen molar-refractivity contribution in [3.05, 3.63) is 0 Å². The zero-order chi connectivity index (χ0) is 14.9. The first-order valence-electron chi connectivity index (χ1n) is 6.42. The van der Waals surface area contributed by atoms with Gasteiger partial charge in [0.25, 0.3) is 0 Å². The quantitative estimate of drug-likeness (QED) is 0.524. The van der Waals surface area contributed by atoms with Crippen molar-refractivity contribution in [3.63, 3.8) is 0 Å². The molecular formula is C13H25NO5. The highest BCUT2D eigenvalue weighted by molar-refractivity contribution is 5.78. The number of amides is 1. The van der Waals surface area contributed by atoms with Crippen LogP contribution < -0.4 is 0 Å². The van der Waals surface area contributed by atoms with Crippen LogP contribution >= 0.6 is 0 Å². The second-order valence-corrected chi connectivity index (χ2v) is 5.05. The molecule has 0 atom stereocenters. The van der Waals surface area contributed by atoms with E-state index in [0.29, 0.717) is 26.2 Å². The van der Waals surface area contributed by atoms with Crippen LogP contribution in [0.15, 0.2) is 0 Å². The van der Waals surface area contributed by atoms with E-state index in [1.54, 1.807) is 34.8 Å². The van der Waals surface area contributed by atoms with Gasteiger partial charge in [0.15, 0.2) is 0 Å². The lowest BCUT2D eigenvalue weighted by molar-refractivity contribution is -0.144. The van der Waals surface area contributed by atoms with Gasteiger partial charge in [0, 0.05) is 20.3 Å². The summed E-state index contributed by atoms with van der Waals surface area (Å²) in [6, 6.07) is 0. The Morgan fingerprint density at radius 2 is 1.84 bits per heavy atom. The second-order valence-electron chi connectivity index (χ2n) is 5.05. The maximum absolute atomic E-state index is 11.9.